The van der Waals surface area contributed by atoms with E-state index in [4.69, 9.17) is 0 Å². The van der Waals surface area contributed by atoms with Crippen LogP contribution in [0, 0.1) is 0 Å². The van der Waals surface area contributed by atoms with Gasteiger partial charge in [-0.1, -0.05) is 19.3 Å². The Morgan fingerprint density at radius 2 is 2.00 bits per heavy atom. The molecule has 1 saturated heterocycles. The second kappa shape index (κ2) is 7.79. The summed E-state index contributed by atoms with van der Waals surface area (Å²) in [5.41, 5.74) is 1.08. The van der Waals surface area contributed by atoms with Crippen molar-refractivity contribution in [1.82, 2.24) is 15.1 Å². The lowest BCUT2D eigenvalue weighted by Crippen LogP contribution is -2.42. The predicted molar refractivity (Wildman–Crippen MR) is 89.5 cm³/mol. The van der Waals surface area contributed by atoms with Crippen molar-refractivity contribution in [2.75, 3.05) is 18.4 Å². The first-order chi connectivity index (χ1) is 11.6. The van der Waals surface area contributed by atoms with Crippen molar-refractivity contribution in [1.29, 1.82) is 0 Å². The monoisotopic (exact) mass is 334 g/mol. The number of hydrogen-bond donors (Lipinski definition) is 3. The summed E-state index contributed by atoms with van der Waals surface area (Å²) in [5.74, 6) is 0.370. The van der Waals surface area contributed by atoms with Crippen LogP contribution < -0.4 is 5.32 Å². The number of rotatable bonds is 4. The minimum Gasteiger partial charge on any atom is -0.383 e. The highest BCUT2D eigenvalue weighted by atomic mass is 16.3. The Balaban J connectivity index is 1.54. The second-order valence-electron chi connectivity index (χ2n) is 6.86. The maximum atomic E-state index is 12.2. The molecule has 2 heterocycles. The summed E-state index contributed by atoms with van der Waals surface area (Å²) >= 11 is 0. The number of nitrogens with zero attached hydrogens (tertiary/aromatic N) is 2. The van der Waals surface area contributed by atoms with E-state index in [1.54, 1.807) is 0 Å². The van der Waals surface area contributed by atoms with Crippen LogP contribution in [0.25, 0.3) is 0 Å². The largest absolute Gasteiger partial charge is 0.383 e. The minimum absolute atomic E-state index is 0.0402. The van der Waals surface area contributed by atoms with Gasteiger partial charge in [0.05, 0.1) is 6.54 Å². The molecule has 0 bridgehead atoms. The van der Waals surface area contributed by atoms with Crippen LogP contribution in [0.5, 0.6) is 0 Å². The SMILES string of the molecule is O=C(CN1CCCCC(O)C1=O)Nc1cc(C2CCCCC2)[nH]n1. The van der Waals surface area contributed by atoms with E-state index in [1.807, 2.05) is 6.07 Å². The molecular formula is C17H26N4O3. The number of carbonyl (C=O) groups excluding carboxylic acids is 2. The lowest BCUT2D eigenvalue weighted by Gasteiger charge is -2.21. The number of aliphatic hydroxyl groups excluding tert-OH is 1. The highest BCUT2D eigenvalue weighted by Gasteiger charge is 2.26. The Morgan fingerprint density at radius 3 is 2.79 bits per heavy atom. The van der Waals surface area contributed by atoms with Gasteiger partial charge >= 0.3 is 0 Å². The molecule has 2 fully saturated rings. The molecule has 0 radical (unpaired) electrons. The average molecular weight is 334 g/mol. The maximum Gasteiger partial charge on any atom is 0.251 e. The van der Waals surface area contributed by atoms with Crippen molar-refractivity contribution in [2.45, 2.75) is 63.4 Å². The van der Waals surface area contributed by atoms with Crippen molar-refractivity contribution >= 4 is 17.6 Å². The van der Waals surface area contributed by atoms with E-state index in [9.17, 15) is 14.7 Å². The maximum absolute atomic E-state index is 12.2. The van der Waals surface area contributed by atoms with Crippen molar-refractivity contribution in [2.24, 2.45) is 0 Å². The molecule has 24 heavy (non-hydrogen) atoms. The predicted octanol–water partition coefficient (Wildman–Crippen LogP) is 1.77. The standard InChI is InChI=1S/C17H26N4O3/c22-14-8-4-5-9-21(17(14)24)11-16(23)18-15-10-13(19-20-15)12-6-2-1-3-7-12/h10,12,14,22H,1-9,11H2,(H2,18,19,20,23). The first-order valence-corrected chi connectivity index (χ1v) is 8.95. The number of hydrogen-bond acceptors (Lipinski definition) is 4. The van der Waals surface area contributed by atoms with Crippen LogP contribution in [-0.4, -0.2) is 51.2 Å². The molecule has 0 spiro atoms. The van der Waals surface area contributed by atoms with Crippen LogP contribution >= 0.6 is 0 Å². The van der Waals surface area contributed by atoms with Crippen molar-refractivity contribution in [3.8, 4) is 0 Å². The van der Waals surface area contributed by atoms with E-state index < -0.39 is 6.10 Å². The zero-order chi connectivity index (χ0) is 16.9. The summed E-state index contributed by atoms with van der Waals surface area (Å²) in [5, 5.41) is 19.7. The molecule has 132 valence electrons. The fourth-order valence-electron chi connectivity index (χ4n) is 3.62. The van der Waals surface area contributed by atoms with Crippen molar-refractivity contribution < 1.29 is 14.7 Å². The van der Waals surface area contributed by atoms with E-state index in [-0.39, 0.29) is 18.4 Å². The quantitative estimate of drug-likeness (QED) is 0.781. The third-order valence-corrected chi connectivity index (χ3v) is 5.00. The molecule has 1 unspecified atom stereocenters. The molecule has 3 N–H and O–H groups in total. The van der Waals surface area contributed by atoms with Gasteiger partial charge in [-0.2, -0.15) is 5.10 Å². The van der Waals surface area contributed by atoms with Crippen LogP contribution in [0.3, 0.4) is 0 Å². The van der Waals surface area contributed by atoms with Gasteiger partial charge in [-0.25, -0.2) is 0 Å². The topological polar surface area (TPSA) is 98.3 Å². The van der Waals surface area contributed by atoms with Crippen LogP contribution in [0.1, 0.15) is 63.0 Å². The lowest BCUT2D eigenvalue weighted by molar-refractivity contribution is -0.141. The fourth-order valence-corrected chi connectivity index (χ4v) is 3.62. The third kappa shape index (κ3) is 4.14. The first kappa shape index (κ1) is 17.0. The van der Waals surface area contributed by atoms with E-state index in [0.29, 0.717) is 24.7 Å². The summed E-state index contributed by atoms with van der Waals surface area (Å²) < 4.78 is 0. The summed E-state index contributed by atoms with van der Waals surface area (Å²) in [7, 11) is 0. The molecule has 2 amide bonds. The Bertz CT molecular complexity index is 580. The van der Waals surface area contributed by atoms with Gasteiger partial charge < -0.3 is 15.3 Å². The Morgan fingerprint density at radius 1 is 1.25 bits per heavy atom. The van der Waals surface area contributed by atoms with E-state index in [1.165, 1.54) is 24.2 Å². The molecule has 7 nitrogen and oxygen atoms in total. The van der Waals surface area contributed by atoms with Crippen molar-refractivity contribution in [3.63, 3.8) is 0 Å². The highest BCUT2D eigenvalue weighted by Crippen LogP contribution is 2.32. The molecule has 1 aromatic heterocycles. The molecule has 1 aromatic rings. The number of nitrogens with one attached hydrogen (secondary N) is 2. The van der Waals surface area contributed by atoms with E-state index >= 15 is 0 Å². The summed E-state index contributed by atoms with van der Waals surface area (Å²) in [6.45, 7) is 0.471. The second-order valence-corrected chi connectivity index (χ2v) is 6.86. The molecule has 7 heteroatoms. The summed E-state index contributed by atoms with van der Waals surface area (Å²) in [4.78, 5) is 25.6. The summed E-state index contributed by atoms with van der Waals surface area (Å²) in [6.07, 6.45) is 7.20. The Labute approximate surface area is 141 Å². The fraction of sp³-hybridized carbons (Fsp3) is 0.706. The van der Waals surface area contributed by atoms with E-state index in [0.717, 1.165) is 31.4 Å². The molecule has 3 rings (SSSR count). The van der Waals surface area contributed by atoms with Crippen molar-refractivity contribution in [3.05, 3.63) is 11.8 Å². The normalized spacial score (nSPS) is 23.1. The van der Waals surface area contributed by atoms with Gasteiger partial charge in [0.25, 0.3) is 5.91 Å². The summed E-state index contributed by atoms with van der Waals surface area (Å²) in [6, 6.07) is 1.90. The van der Waals surface area contributed by atoms with E-state index in [2.05, 4.69) is 15.5 Å². The van der Waals surface area contributed by atoms with Crippen LogP contribution in [0.15, 0.2) is 6.07 Å². The number of aromatic nitrogens is 2. The molecule has 2 aliphatic rings. The Kier molecular flexibility index (Phi) is 5.50. The molecule has 1 aliphatic carbocycles. The number of anilines is 1. The zero-order valence-corrected chi connectivity index (χ0v) is 14.0. The smallest absolute Gasteiger partial charge is 0.251 e. The lowest BCUT2D eigenvalue weighted by atomic mass is 9.87. The molecular weight excluding hydrogens is 308 g/mol. The molecule has 1 saturated carbocycles. The number of likely N-dealkylation sites (tertiary alicyclic amines) is 1. The van der Waals surface area contributed by atoms with Gasteiger partial charge in [0.1, 0.15) is 6.10 Å². The number of aromatic amines is 1. The molecule has 1 atom stereocenters. The van der Waals surface area contributed by atoms with Gasteiger partial charge in [-0.05, 0) is 32.1 Å². The first-order valence-electron chi connectivity index (χ1n) is 8.95. The molecule has 0 aromatic carbocycles. The van der Waals surface area contributed by atoms with Crippen LogP contribution in [0.4, 0.5) is 5.82 Å². The Hall–Kier alpha value is -1.89. The number of amides is 2. The number of H-pyrrole nitrogens is 1. The molecule has 1 aliphatic heterocycles. The van der Waals surface area contributed by atoms with Gasteiger partial charge in [-0.15, -0.1) is 0 Å². The van der Waals surface area contributed by atoms with Crippen LogP contribution in [-0.2, 0) is 9.59 Å². The van der Waals surface area contributed by atoms with Gasteiger partial charge in [-0.3, -0.25) is 14.7 Å². The minimum atomic E-state index is -0.983. The third-order valence-electron chi connectivity index (χ3n) is 5.00. The van der Waals surface area contributed by atoms with Crippen LogP contribution in [0.2, 0.25) is 0 Å². The van der Waals surface area contributed by atoms with Gasteiger partial charge in [0.15, 0.2) is 5.82 Å². The number of aliphatic hydroxyl groups is 1. The highest BCUT2D eigenvalue weighted by molar-refractivity contribution is 5.94. The average Bonchev–Trinajstić information content (AvgIpc) is 2.99. The zero-order valence-electron chi connectivity index (χ0n) is 14.0. The number of carbonyl (C=O) groups is 2. The van der Waals surface area contributed by atoms with Gasteiger partial charge in [0, 0.05) is 24.2 Å². The van der Waals surface area contributed by atoms with Gasteiger partial charge in [0.2, 0.25) is 5.91 Å².